The molecular formula is C7H5ClN4. The van der Waals surface area contributed by atoms with Crippen LogP contribution in [0, 0.1) is 5.41 Å². The smallest absolute Gasteiger partial charge is 0.174 e. The van der Waals surface area contributed by atoms with Crippen LogP contribution in [-0.2, 0) is 0 Å². The lowest BCUT2D eigenvalue weighted by Gasteiger charge is -1.95. The molecule has 12 heavy (non-hydrogen) atoms. The Bertz CT molecular complexity index is 521. The summed E-state index contributed by atoms with van der Waals surface area (Å²) in [4.78, 5) is 10.2. The van der Waals surface area contributed by atoms with Crippen LogP contribution in [0.25, 0.3) is 11.0 Å². The maximum Gasteiger partial charge on any atom is 0.174 e. The molecule has 60 valence electrons. The monoisotopic (exact) mass is 181 g/mol. The Kier molecular flexibility index (Phi) is 1.31. The zero-order valence-corrected chi connectivity index (χ0v) is 6.68. The molecule has 0 bridgehead atoms. The van der Waals surface area contributed by atoms with E-state index >= 15 is 0 Å². The van der Waals surface area contributed by atoms with Gasteiger partial charge in [-0.25, -0.2) is 9.97 Å². The molecule has 2 aromatic rings. The highest BCUT2D eigenvalue weighted by Gasteiger charge is 1.97. The van der Waals surface area contributed by atoms with E-state index in [1.807, 2.05) is 0 Å². The van der Waals surface area contributed by atoms with Gasteiger partial charge in [-0.05, 0) is 12.1 Å². The number of fused-ring (bicyclic) bond motifs is 1. The van der Waals surface area contributed by atoms with Gasteiger partial charge < -0.3 is 4.98 Å². The van der Waals surface area contributed by atoms with Crippen molar-refractivity contribution >= 4 is 22.6 Å². The predicted molar refractivity (Wildman–Crippen MR) is 44.8 cm³/mol. The van der Waals surface area contributed by atoms with E-state index in [1.165, 1.54) is 0 Å². The first kappa shape index (κ1) is 6.14. The summed E-state index contributed by atoms with van der Waals surface area (Å²) in [6, 6.07) is 3.27. The molecule has 0 atom stereocenters. The average Bonchev–Trinajstić information content (AvgIpc) is 2.06. The third-order valence-corrected chi connectivity index (χ3v) is 1.65. The molecule has 2 aromatic heterocycles. The van der Waals surface area contributed by atoms with Gasteiger partial charge in [0, 0.05) is 0 Å². The van der Waals surface area contributed by atoms with E-state index in [0.29, 0.717) is 16.2 Å². The van der Waals surface area contributed by atoms with Crippen molar-refractivity contribution in [3.05, 3.63) is 29.1 Å². The third-order valence-electron chi connectivity index (χ3n) is 1.44. The molecule has 0 aromatic carbocycles. The summed E-state index contributed by atoms with van der Waals surface area (Å²) in [7, 11) is 0. The fourth-order valence-corrected chi connectivity index (χ4v) is 1.06. The van der Waals surface area contributed by atoms with Gasteiger partial charge in [-0.15, -0.1) is 0 Å². The molecular weight excluding hydrogens is 176 g/mol. The summed E-state index contributed by atoms with van der Waals surface area (Å²) < 4.78 is 7.22. The average molecular weight is 182 g/mol. The van der Waals surface area contributed by atoms with E-state index in [0.717, 1.165) is 0 Å². The van der Waals surface area contributed by atoms with Crippen LogP contribution in [0.3, 0.4) is 0 Å². The molecule has 0 spiro atoms. The quantitative estimate of drug-likeness (QED) is 0.598. The van der Waals surface area contributed by atoms with Crippen molar-refractivity contribution in [1.82, 2.24) is 15.0 Å². The highest BCUT2D eigenvalue weighted by Crippen LogP contribution is 2.08. The first-order valence-electron chi connectivity index (χ1n) is 3.74. The molecule has 0 unspecified atom stereocenters. The lowest BCUT2D eigenvalue weighted by Crippen LogP contribution is -2.08. The van der Waals surface area contributed by atoms with E-state index < -0.39 is 0 Å². The molecule has 0 fully saturated rings. The van der Waals surface area contributed by atoms with Gasteiger partial charge >= 0.3 is 0 Å². The van der Waals surface area contributed by atoms with Crippen LogP contribution in [-0.4, -0.2) is 15.0 Å². The lowest BCUT2D eigenvalue weighted by molar-refractivity contribution is 1.06. The Hall–Kier alpha value is -1.42. The van der Waals surface area contributed by atoms with Crippen LogP contribution in [0.2, 0.25) is 5.15 Å². The number of nitrogens with one attached hydrogen (secondary N) is 2. The number of aromatic amines is 1. The van der Waals surface area contributed by atoms with E-state index in [4.69, 9.17) is 18.4 Å². The van der Waals surface area contributed by atoms with Gasteiger partial charge in [0.05, 0.1) is 11.8 Å². The topological polar surface area (TPSA) is 65.4 Å². The van der Waals surface area contributed by atoms with E-state index in [-0.39, 0.29) is 11.8 Å². The van der Waals surface area contributed by atoms with Crippen molar-refractivity contribution < 1.29 is 1.37 Å². The van der Waals surface area contributed by atoms with Crippen molar-refractivity contribution in [2.24, 2.45) is 0 Å². The summed E-state index contributed by atoms with van der Waals surface area (Å²) in [6.07, 6.45) is -0.0541. The van der Waals surface area contributed by atoms with Gasteiger partial charge in [0.15, 0.2) is 5.49 Å². The van der Waals surface area contributed by atoms with Crippen LogP contribution in [0.4, 0.5) is 0 Å². The molecule has 0 aliphatic heterocycles. The molecule has 0 saturated heterocycles. The predicted octanol–water partition coefficient (Wildman–Crippen LogP) is 1.09. The number of rotatable bonds is 0. The van der Waals surface area contributed by atoms with Gasteiger partial charge in [0.2, 0.25) is 0 Å². The van der Waals surface area contributed by atoms with Crippen molar-refractivity contribution in [2.45, 2.75) is 0 Å². The Morgan fingerprint density at radius 1 is 1.58 bits per heavy atom. The molecule has 2 N–H and O–H groups in total. The second-order valence-corrected chi connectivity index (χ2v) is 2.61. The lowest BCUT2D eigenvalue weighted by atomic mass is 10.4. The third kappa shape index (κ3) is 1.06. The van der Waals surface area contributed by atoms with Crippen LogP contribution in [0.1, 0.15) is 1.37 Å². The second-order valence-electron chi connectivity index (χ2n) is 2.23. The summed E-state index contributed by atoms with van der Waals surface area (Å²) in [5.74, 6) is 0. The van der Waals surface area contributed by atoms with Gasteiger partial charge in [0.1, 0.15) is 12.0 Å². The van der Waals surface area contributed by atoms with Gasteiger partial charge in [-0.3, -0.25) is 5.41 Å². The minimum absolute atomic E-state index is 0.0405. The van der Waals surface area contributed by atoms with Crippen molar-refractivity contribution in [1.29, 1.82) is 5.41 Å². The normalized spacial score (nSPS) is 11.6. The summed E-state index contributed by atoms with van der Waals surface area (Å²) in [5.41, 5.74) is 0.930. The fourth-order valence-electron chi connectivity index (χ4n) is 0.914. The van der Waals surface area contributed by atoms with Crippen LogP contribution >= 0.6 is 11.6 Å². The number of H-pyrrole nitrogens is 1. The zero-order valence-electron chi connectivity index (χ0n) is 6.93. The van der Waals surface area contributed by atoms with Gasteiger partial charge in [0.25, 0.3) is 0 Å². The van der Waals surface area contributed by atoms with E-state index in [2.05, 4.69) is 15.0 Å². The first-order valence-corrected chi connectivity index (χ1v) is 3.62. The number of halogens is 1. The summed E-state index contributed by atoms with van der Waals surface area (Å²) >= 11 is 5.65. The van der Waals surface area contributed by atoms with E-state index in [9.17, 15) is 0 Å². The molecule has 0 saturated carbocycles. The van der Waals surface area contributed by atoms with E-state index in [1.54, 1.807) is 12.1 Å². The maximum absolute atomic E-state index is 7.43. The van der Waals surface area contributed by atoms with Crippen LogP contribution < -0.4 is 5.49 Å². The Balaban J connectivity index is 2.95. The van der Waals surface area contributed by atoms with Gasteiger partial charge in [-0.2, -0.15) is 0 Å². The number of hydrogen-bond donors (Lipinski definition) is 2. The van der Waals surface area contributed by atoms with Crippen LogP contribution in [0.15, 0.2) is 18.4 Å². The Labute approximate surface area is 74.2 Å². The molecule has 0 radical (unpaired) electrons. The fraction of sp³-hybridized carbons (Fsp3) is 0. The number of nitrogens with zero attached hydrogens (tertiary/aromatic N) is 2. The zero-order chi connectivity index (χ0) is 9.42. The summed E-state index contributed by atoms with van der Waals surface area (Å²) in [5, 5.41) is 7.74. The molecule has 0 amide bonds. The Morgan fingerprint density at radius 3 is 3.25 bits per heavy atom. The maximum atomic E-state index is 7.43. The van der Waals surface area contributed by atoms with Crippen molar-refractivity contribution in [3.8, 4) is 0 Å². The molecule has 0 aliphatic carbocycles. The van der Waals surface area contributed by atoms with Crippen LogP contribution in [0.5, 0.6) is 0 Å². The number of aromatic nitrogens is 3. The highest BCUT2D eigenvalue weighted by molar-refractivity contribution is 6.29. The number of hydrogen-bond acceptors (Lipinski definition) is 3. The summed E-state index contributed by atoms with van der Waals surface area (Å²) in [6.45, 7) is 0. The number of pyridine rings is 1. The minimum Gasteiger partial charge on any atom is -0.344 e. The largest absolute Gasteiger partial charge is 0.344 e. The van der Waals surface area contributed by atoms with Crippen molar-refractivity contribution in [3.63, 3.8) is 0 Å². The molecule has 4 nitrogen and oxygen atoms in total. The second kappa shape index (κ2) is 2.57. The standard InChI is InChI=1S/C7H5ClN4/c8-5-2-1-4-6(12-5)7(9)11-3-10-4/h1-3H,(H2,9,10,11)/i3D. The molecule has 0 aliphatic rings. The SMILES string of the molecule is [2H]c1nc(=N)c2nc(Cl)ccc2[nH]1. The van der Waals surface area contributed by atoms with Gasteiger partial charge in [-0.1, -0.05) is 11.6 Å². The highest BCUT2D eigenvalue weighted by atomic mass is 35.5. The first-order chi connectivity index (χ1) is 6.16. The minimum atomic E-state index is -0.0541. The molecule has 2 heterocycles. The molecule has 5 heteroatoms. The molecule has 2 rings (SSSR count). The Morgan fingerprint density at radius 2 is 2.42 bits per heavy atom. The van der Waals surface area contributed by atoms with Crippen molar-refractivity contribution in [2.75, 3.05) is 0 Å².